The zero-order valence-electron chi connectivity index (χ0n) is 17.8. The minimum atomic E-state index is -0.667. The van der Waals surface area contributed by atoms with Crippen LogP contribution in [0.5, 0.6) is 5.75 Å². The lowest BCUT2D eigenvalue weighted by Gasteiger charge is -2.37. The quantitative estimate of drug-likeness (QED) is 0.299. The van der Waals surface area contributed by atoms with Crippen LogP contribution in [0.1, 0.15) is 29.5 Å². The number of fused-ring (bicyclic) bond motifs is 3. The molecular formula is C29H24BrNO. The summed E-state index contributed by atoms with van der Waals surface area (Å²) in [4.78, 5) is 2.47. The zero-order chi connectivity index (χ0) is 21.5. The molecule has 1 fully saturated rings. The number of rotatable bonds is 3. The standard InChI is InChI=1S/C29H24BrNO/c30-27-20-28-26(24-10-4-5-11-25(24)27)16-17-29(32-28,21-8-2-1-3-9-21)22-12-14-23(15-13-22)31-18-6-7-19-31/h1-5,8-17,20H,6-7,18-19H2. The zero-order valence-corrected chi connectivity index (χ0v) is 19.4. The van der Waals surface area contributed by atoms with Crippen molar-refractivity contribution in [1.29, 1.82) is 0 Å². The topological polar surface area (TPSA) is 12.5 Å². The van der Waals surface area contributed by atoms with Crippen LogP contribution in [-0.2, 0) is 5.60 Å². The molecule has 1 unspecified atom stereocenters. The van der Waals surface area contributed by atoms with Crippen LogP contribution in [0.25, 0.3) is 16.8 Å². The first kappa shape index (κ1) is 19.6. The highest BCUT2D eigenvalue weighted by molar-refractivity contribution is 9.10. The highest BCUT2D eigenvalue weighted by atomic mass is 79.9. The molecule has 0 radical (unpaired) electrons. The third-order valence-electron chi connectivity index (χ3n) is 6.72. The van der Waals surface area contributed by atoms with Crippen LogP contribution in [0.15, 0.2) is 95.5 Å². The molecule has 0 aliphatic carbocycles. The summed E-state index contributed by atoms with van der Waals surface area (Å²) in [5, 5.41) is 2.39. The molecule has 2 heterocycles. The Balaban J connectivity index is 1.50. The van der Waals surface area contributed by atoms with E-state index in [1.54, 1.807) is 0 Å². The van der Waals surface area contributed by atoms with Gasteiger partial charge in [0.15, 0.2) is 5.60 Å². The Morgan fingerprint density at radius 3 is 2.16 bits per heavy atom. The largest absolute Gasteiger partial charge is 0.473 e. The van der Waals surface area contributed by atoms with E-state index in [1.807, 2.05) is 0 Å². The van der Waals surface area contributed by atoms with Gasteiger partial charge in [0.05, 0.1) is 0 Å². The summed E-state index contributed by atoms with van der Waals surface area (Å²) in [6.07, 6.45) is 7.01. The molecule has 0 bridgehead atoms. The molecule has 0 aromatic heterocycles. The molecular weight excluding hydrogens is 458 g/mol. The molecule has 0 saturated carbocycles. The number of benzene rings is 4. The highest BCUT2D eigenvalue weighted by Gasteiger charge is 2.37. The van der Waals surface area contributed by atoms with Gasteiger partial charge in [0.2, 0.25) is 0 Å². The van der Waals surface area contributed by atoms with Crippen molar-refractivity contribution >= 4 is 38.5 Å². The first-order valence-corrected chi connectivity index (χ1v) is 12.0. The van der Waals surface area contributed by atoms with Crippen LogP contribution in [0, 0.1) is 0 Å². The summed E-state index contributed by atoms with van der Waals surface area (Å²) in [5.74, 6) is 0.894. The van der Waals surface area contributed by atoms with Crippen molar-refractivity contribution in [1.82, 2.24) is 0 Å². The van der Waals surface area contributed by atoms with Crippen LogP contribution in [0.4, 0.5) is 5.69 Å². The van der Waals surface area contributed by atoms with E-state index in [4.69, 9.17) is 4.74 Å². The molecule has 0 spiro atoms. The van der Waals surface area contributed by atoms with Gasteiger partial charge in [-0.1, -0.05) is 82.7 Å². The second-order valence-electron chi connectivity index (χ2n) is 8.59. The van der Waals surface area contributed by atoms with Gasteiger partial charge in [0.1, 0.15) is 5.75 Å². The Hall–Kier alpha value is -3.04. The number of hydrogen-bond acceptors (Lipinski definition) is 2. The van der Waals surface area contributed by atoms with Crippen molar-refractivity contribution in [3.05, 3.63) is 112 Å². The number of halogens is 1. The first-order chi connectivity index (χ1) is 15.7. The Morgan fingerprint density at radius 2 is 1.41 bits per heavy atom. The van der Waals surface area contributed by atoms with Gasteiger partial charge in [-0.05, 0) is 54.0 Å². The van der Waals surface area contributed by atoms with Gasteiger partial charge in [-0.2, -0.15) is 0 Å². The lowest BCUT2D eigenvalue weighted by Crippen LogP contribution is -2.34. The highest BCUT2D eigenvalue weighted by Crippen LogP contribution is 2.46. The smallest absolute Gasteiger partial charge is 0.178 e. The lowest BCUT2D eigenvalue weighted by molar-refractivity contribution is 0.161. The van der Waals surface area contributed by atoms with Crippen molar-refractivity contribution in [3.8, 4) is 5.75 Å². The van der Waals surface area contributed by atoms with E-state index in [0.29, 0.717) is 0 Å². The van der Waals surface area contributed by atoms with E-state index in [1.165, 1.54) is 29.3 Å². The van der Waals surface area contributed by atoms with Crippen LogP contribution >= 0.6 is 15.9 Å². The molecule has 158 valence electrons. The predicted octanol–water partition coefficient (Wildman–Crippen LogP) is 7.55. The summed E-state index contributed by atoms with van der Waals surface area (Å²) in [6, 6.07) is 30.0. The van der Waals surface area contributed by atoms with E-state index in [-0.39, 0.29) is 0 Å². The lowest BCUT2D eigenvalue weighted by atomic mass is 9.83. The van der Waals surface area contributed by atoms with Gasteiger partial charge in [-0.25, -0.2) is 0 Å². The number of hydrogen-bond donors (Lipinski definition) is 0. The Kier molecular flexibility index (Phi) is 4.80. The average molecular weight is 482 g/mol. The molecule has 32 heavy (non-hydrogen) atoms. The number of ether oxygens (including phenoxy) is 1. The van der Waals surface area contributed by atoms with Crippen LogP contribution in [0.2, 0.25) is 0 Å². The Labute approximate surface area is 197 Å². The molecule has 1 atom stereocenters. The number of anilines is 1. The summed E-state index contributed by atoms with van der Waals surface area (Å²) in [7, 11) is 0. The van der Waals surface area contributed by atoms with Crippen molar-refractivity contribution in [2.24, 2.45) is 0 Å². The molecule has 6 rings (SSSR count). The first-order valence-electron chi connectivity index (χ1n) is 11.3. The van der Waals surface area contributed by atoms with E-state index in [2.05, 4.69) is 118 Å². The fourth-order valence-corrected chi connectivity index (χ4v) is 5.61. The minimum Gasteiger partial charge on any atom is -0.473 e. The third kappa shape index (κ3) is 3.15. The Morgan fingerprint density at radius 1 is 0.750 bits per heavy atom. The van der Waals surface area contributed by atoms with Gasteiger partial charge >= 0.3 is 0 Å². The second-order valence-corrected chi connectivity index (χ2v) is 9.45. The molecule has 4 aromatic rings. The monoisotopic (exact) mass is 481 g/mol. The average Bonchev–Trinajstić information content (AvgIpc) is 3.40. The maximum atomic E-state index is 6.92. The fourth-order valence-electron chi connectivity index (χ4n) is 5.05. The van der Waals surface area contributed by atoms with Crippen LogP contribution in [-0.4, -0.2) is 13.1 Å². The minimum absolute atomic E-state index is 0.667. The number of nitrogens with zero attached hydrogens (tertiary/aromatic N) is 1. The van der Waals surface area contributed by atoms with Crippen molar-refractivity contribution < 1.29 is 4.74 Å². The van der Waals surface area contributed by atoms with Gasteiger partial charge in [-0.3, -0.25) is 0 Å². The van der Waals surface area contributed by atoms with Gasteiger partial charge < -0.3 is 9.64 Å². The molecule has 1 saturated heterocycles. The summed E-state index contributed by atoms with van der Waals surface area (Å²) >= 11 is 3.76. The summed E-state index contributed by atoms with van der Waals surface area (Å²) < 4.78 is 7.97. The molecule has 2 aliphatic heterocycles. The van der Waals surface area contributed by atoms with Crippen LogP contribution < -0.4 is 9.64 Å². The third-order valence-corrected chi connectivity index (χ3v) is 7.38. The van der Waals surface area contributed by atoms with E-state index < -0.39 is 5.60 Å². The predicted molar refractivity (Wildman–Crippen MR) is 136 cm³/mol. The molecule has 0 N–H and O–H groups in total. The molecule has 4 aromatic carbocycles. The maximum Gasteiger partial charge on any atom is 0.178 e. The van der Waals surface area contributed by atoms with Gasteiger partial charge in [0.25, 0.3) is 0 Å². The van der Waals surface area contributed by atoms with E-state index in [0.717, 1.165) is 40.0 Å². The van der Waals surface area contributed by atoms with E-state index in [9.17, 15) is 0 Å². The molecule has 2 aliphatic rings. The SMILES string of the molecule is Brc1cc2c(c3ccccc13)C=CC(c1ccccc1)(c1ccc(N3CCCC3)cc1)O2. The van der Waals surface area contributed by atoms with Crippen molar-refractivity contribution in [2.75, 3.05) is 18.0 Å². The molecule has 3 heteroatoms. The molecule has 2 nitrogen and oxygen atoms in total. The van der Waals surface area contributed by atoms with Gasteiger partial charge in [0, 0.05) is 39.9 Å². The molecule has 0 amide bonds. The van der Waals surface area contributed by atoms with E-state index >= 15 is 0 Å². The van der Waals surface area contributed by atoms with Gasteiger partial charge in [-0.15, -0.1) is 0 Å². The second kappa shape index (κ2) is 7.83. The summed E-state index contributed by atoms with van der Waals surface area (Å²) in [5.41, 5.74) is 4.02. The van der Waals surface area contributed by atoms with Crippen LogP contribution in [0.3, 0.4) is 0 Å². The van der Waals surface area contributed by atoms with Crippen molar-refractivity contribution in [3.63, 3.8) is 0 Å². The Bertz CT molecular complexity index is 1310. The van der Waals surface area contributed by atoms with Crippen molar-refractivity contribution in [2.45, 2.75) is 18.4 Å². The maximum absolute atomic E-state index is 6.92. The summed E-state index contributed by atoms with van der Waals surface area (Å²) in [6.45, 7) is 2.29. The normalized spacial score (nSPS) is 19.7. The fraction of sp³-hybridized carbons (Fsp3) is 0.172.